The second-order valence-electron chi connectivity index (χ2n) is 5.21. The van der Waals surface area contributed by atoms with Crippen molar-refractivity contribution < 1.29 is 8.81 Å². The number of aromatic nitrogens is 2. The molecule has 0 aliphatic heterocycles. The molecule has 102 valence electrons. The van der Waals surface area contributed by atoms with Crippen LogP contribution in [-0.2, 0) is 6.54 Å². The second kappa shape index (κ2) is 5.27. The zero-order chi connectivity index (χ0) is 14.0. The Morgan fingerprint density at radius 1 is 1.32 bits per heavy atom. The van der Waals surface area contributed by atoms with E-state index in [1.54, 1.807) is 12.1 Å². The summed E-state index contributed by atoms with van der Waals surface area (Å²) in [7, 11) is 0. The lowest BCUT2D eigenvalue weighted by molar-refractivity contribution is 0.383. The molecule has 1 aromatic carbocycles. The van der Waals surface area contributed by atoms with Crippen LogP contribution >= 0.6 is 11.6 Å². The molecule has 6 heteroatoms. The summed E-state index contributed by atoms with van der Waals surface area (Å²) in [4.78, 5) is 0. The van der Waals surface area contributed by atoms with E-state index in [9.17, 15) is 4.39 Å². The SMILES string of the molecule is CC(C)(C)NCc1nnc(-c2cccc(Cl)c2F)o1. The summed E-state index contributed by atoms with van der Waals surface area (Å²) in [5.74, 6) is -0.0156. The molecule has 0 unspecified atom stereocenters. The molecule has 19 heavy (non-hydrogen) atoms. The highest BCUT2D eigenvalue weighted by Gasteiger charge is 2.16. The summed E-state index contributed by atoms with van der Waals surface area (Å²) >= 11 is 5.71. The van der Waals surface area contributed by atoms with Gasteiger partial charge < -0.3 is 9.73 Å². The quantitative estimate of drug-likeness (QED) is 0.938. The molecule has 0 spiro atoms. The van der Waals surface area contributed by atoms with Crippen LogP contribution in [0.5, 0.6) is 0 Å². The minimum Gasteiger partial charge on any atom is -0.419 e. The first-order valence-corrected chi connectivity index (χ1v) is 6.26. The van der Waals surface area contributed by atoms with Crippen molar-refractivity contribution in [2.75, 3.05) is 0 Å². The molecule has 0 bridgehead atoms. The van der Waals surface area contributed by atoms with Crippen molar-refractivity contribution in [1.29, 1.82) is 0 Å². The van der Waals surface area contributed by atoms with Crippen LogP contribution < -0.4 is 5.32 Å². The summed E-state index contributed by atoms with van der Waals surface area (Å²) in [6.07, 6.45) is 0. The van der Waals surface area contributed by atoms with Crippen molar-refractivity contribution in [2.24, 2.45) is 0 Å². The number of nitrogens with one attached hydrogen (secondary N) is 1. The third-order valence-electron chi connectivity index (χ3n) is 2.42. The molecule has 0 saturated carbocycles. The summed E-state index contributed by atoms with van der Waals surface area (Å²) < 4.78 is 19.2. The second-order valence-corrected chi connectivity index (χ2v) is 5.61. The fourth-order valence-electron chi connectivity index (χ4n) is 1.44. The first-order chi connectivity index (χ1) is 8.87. The third kappa shape index (κ3) is 3.52. The molecule has 2 rings (SSSR count). The Hall–Kier alpha value is -1.46. The number of benzene rings is 1. The molecular weight excluding hydrogens is 269 g/mol. The van der Waals surface area contributed by atoms with Gasteiger partial charge in [0.1, 0.15) is 0 Å². The van der Waals surface area contributed by atoms with Crippen LogP contribution in [0.15, 0.2) is 22.6 Å². The number of halogens is 2. The van der Waals surface area contributed by atoms with Gasteiger partial charge in [0.05, 0.1) is 17.1 Å². The van der Waals surface area contributed by atoms with Crippen molar-refractivity contribution in [2.45, 2.75) is 32.9 Å². The topological polar surface area (TPSA) is 51.0 Å². The highest BCUT2D eigenvalue weighted by molar-refractivity contribution is 6.31. The highest BCUT2D eigenvalue weighted by Crippen LogP contribution is 2.26. The summed E-state index contributed by atoms with van der Waals surface area (Å²) in [5.41, 5.74) is 0.151. The average Bonchev–Trinajstić information content (AvgIpc) is 2.78. The number of hydrogen-bond acceptors (Lipinski definition) is 4. The monoisotopic (exact) mass is 283 g/mol. The van der Waals surface area contributed by atoms with Gasteiger partial charge in [-0.1, -0.05) is 17.7 Å². The van der Waals surface area contributed by atoms with Gasteiger partial charge in [-0.15, -0.1) is 10.2 Å². The average molecular weight is 284 g/mol. The Kier molecular flexibility index (Phi) is 3.87. The minimum atomic E-state index is -0.553. The van der Waals surface area contributed by atoms with E-state index in [-0.39, 0.29) is 22.0 Å². The molecule has 0 atom stereocenters. The minimum absolute atomic E-state index is 0.0325. The Balaban J connectivity index is 2.19. The Morgan fingerprint density at radius 3 is 2.74 bits per heavy atom. The first kappa shape index (κ1) is 14.0. The van der Waals surface area contributed by atoms with Crippen molar-refractivity contribution >= 4 is 11.6 Å². The van der Waals surface area contributed by atoms with Gasteiger partial charge in [0, 0.05) is 5.54 Å². The largest absolute Gasteiger partial charge is 0.419 e. The maximum atomic E-state index is 13.8. The van der Waals surface area contributed by atoms with Gasteiger partial charge in [-0.2, -0.15) is 0 Å². The van der Waals surface area contributed by atoms with Crippen LogP contribution in [0, 0.1) is 5.82 Å². The summed E-state index contributed by atoms with van der Waals surface area (Å²) in [5, 5.41) is 11.0. The molecule has 4 nitrogen and oxygen atoms in total. The van der Waals surface area contributed by atoms with Gasteiger partial charge in [-0.3, -0.25) is 0 Å². The summed E-state index contributed by atoms with van der Waals surface area (Å²) in [6.45, 7) is 6.52. The van der Waals surface area contributed by atoms with E-state index in [1.165, 1.54) is 6.07 Å². The molecule has 0 saturated heterocycles. The standard InChI is InChI=1S/C13H15ClFN3O/c1-13(2,3)16-7-10-17-18-12(19-10)8-5-4-6-9(14)11(8)15/h4-6,16H,7H2,1-3H3. The van der Waals surface area contributed by atoms with Gasteiger partial charge in [0.25, 0.3) is 5.89 Å². The molecule has 1 aromatic heterocycles. The maximum absolute atomic E-state index is 13.8. The number of hydrogen-bond donors (Lipinski definition) is 1. The Bertz CT molecular complexity index is 578. The lowest BCUT2D eigenvalue weighted by atomic mass is 10.1. The molecular formula is C13H15ClFN3O. The van der Waals surface area contributed by atoms with Gasteiger partial charge in [-0.05, 0) is 32.9 Å². The predicted octanol–water partition coefficient (Wildman–Crippen LogP) is 3.42. The van der Waals surface area contributed by atoms with Crippen molar-refractivity contribution in [3.63, 3.8) is 0 Å². The van der Waals surface area contributed by atoms with E-state index in [0.29, 0.717) is 12.4 Å². The lowest BCUT2D eigenvalue weighted by Gasteiger charge is -2.18. The smallest absolute Gasteiger partial charge is 0.250 e. The Labute approximate surface area is 116 Å². The molecule has 0 amide bonds. The fraction of sp³-hybridized carbons (Fsp3) is 0.385. The molecule has 2 aromatic rings. The molecule has 1 heterocycles. The zero-order valence-corrected chi connectivity index (χ0v) is 11.8. The lowest BCUT2D eigenvalue weighted by Crippen LogP contribution is -2.35. The molecule has 0 aliphatic carbocycles. The third-order valence-corrected chi connectivity index (χ3v) is 2.71. The van der Waals surface area contributed by atoms with Crippen molar-refractivity contribution in [3.8, 4) is 11.5 Å². The molecule has 0 aliphatic rings. The van der Waals surface area contributed by atoms with Gasteiger partial charge in [-0.25, -0.2) is 4.39 Å². The summed E-state index contributed by atoms with van der Waals surface area (Å²) in [6, 6.07) is 4.66. The Morgan fingerprint density at radius 2 is 2.05 bits per heavy atom. The molecule has 0 fully saturated rings. The normalized spacial score (nSPS) is 11.8. The van der Waals surface area contributed by atoms with Crippen molar-refractivity contribution in [1.82, 2.24) is 15.5 Å². The zero-order valence-electron chi connectivity index (χ0n) is 11.0. The van der Waals surface area contributed by atoms with Gasteiger partial charge in [0.15, 0.2) is 5.82 Å². The maximum Gasteiger partial charge on any atom is 0.250 e. The van der Waals surface area contributed by atoms with Crippen LogP contribution in [0.1, 0.15) is 26.7 Å². The highest BCUT2D eigenvalue weighted by atomic mass is 35.5. The number of nitrogens with zero attached hydrogens (tertiary/aromatic N) is 2. The molecule has 1 N–H and O–H groups in total. The van der Waals surface area contributed by atoms with E-state index >= 15 is 0 Å². The van der Waals surface area contributed by atoms with Crippen LogP contribution in [-0.4, -0.2) is 15.7 Å². The first-order valence-electron chi connectivity index (χ1n) is 5.88. The van der Waals surface area contributed by atoms with E-state index in [1.807, 2.05) is 20.8 Å². The van der Waals surface area contributed by atoms with E-state index in [2.05, 4.69) is 15.5 Å². The fourth-order valence-corrected chi connectivity index (χ4v) is 1.62. The van der Waals surface area contributed by atoms with Gasteiger partial charge in [0.2, 0.25) is 5.89 Å². The molecule has 0 radical (unpaired) electrons. The van der Waals surface area contributed by atoms with Crippen molar-refractivity contribution in [3.05, 3.63) is 34.9 Å². The van der Waals surface area contributed by atoms with E-state index < -0.39 is 5.82 Å². The number of rotatable bonds is 3. The van der Waals surface area contributed by atoms with Crippen LogP contribution in [0.2, 0.25) is 5.02 Å². The predicted molar refractivity (Wildman–Crippen MR) is 71.3 cm³/mol. The van der Waals surface area contributed by atoms with E-state index in [4.69, 9.17) is 16.0 Å². The van der Waals surface area contributed by atoms with Crippen LogP contribution in [0.3, 0.4) is 0 Å². The van der Waals surface area contributed by atoms with Crippen LogP contribution in [0.25, 0.3) is 11.5 Å². The van der Waals surface area contributed by atoms with Gasteiger partial charge >= 0.3 is 0 Å². The van der Waals surface area contributed by atoms with E-state index in [0.717, 1.165) is 0 Å². The van der Waals surface area contributed by atoms with Crippen LogP contribution in [0.4, 0.5) is 4.39 Å².